The highest BCUT2D eigenvalue weighted by Crippen LogP contribution is 2.15. The Morgan fingerprint density at radius 2 is 1.64 bits per heavy atom. The summed E-state index contributed by atoms with van der Waals surface area (Å²) in [6.45, 7) is 0. The van der Waals surface area contributed by atoms with Gasteiger partial charge in [-0.05, 0) is 18.2 Å². The third-order valence-electron chi connectivity index (χ3n) is 3.36. The van der Waals surface area contributed by atoms with E-state index in [1.54, 1.807) is 36.4 Å². The van der Waals surface area contributed by atoms with Gasteiger partial charge in [-0.2, -0.15) is 0 Å². The van der Waals surface area contributed by atoms with E-state index >= 15 is 0 Å². The molecule has 108 valence electrons. The summed E-state index contributed by atoms with van der Waals surface area (Å²) in [5, 5.41) is 9.22. The second-order valence-corrected chi connectivity index (χ2v) is 4.81. The summed E-state index contributed by atoms with van der Waals surface area (Å²) < 4.78 is 0. The summed E-state index contributed by atoms with van der Waals surface area (Å²) in [6.07, 6.45) is 0. The second kappa shape index (κ2) is 5.29. The number of carboxylic acid groups (broad SMARTS) is 1. The number of carboxylic acids is 1. The number of benzene rings is 2. The molecule has 2 aromatic carbocycles. The van der Waals surface area contributed by atoms with Gasteiger partial charge in [0.15, 0.2) is 11.2 Å². The van der Waals surface area contributed by atoms with Gasteiger partial charge >= 0.3 is 5.97 Å². The molecule has 2 N–H and O–H groups in total. The smallest absolute Gasteiger partial charge is 0.352 e. The summed E-state index contributed by atoms with van der Waals surface area (Å²) in [6, 6.07) is 14.3. The number of hydrogen-bond acceptors (Lipinski definition) is 3. The number of hydrogen-bond donors (Lipinski definition) is 2. The molecule has 0 atom stereocenters. The van der Waals surface area contributed by atoms with E-state index in [0.717, 1.165) is 6.07 Å². The summed E-state index contributed by atoms with van der Waals surface area (Å²) in [5.74, 6) is -1.40. The average molecular weight is 293 g/mol. The fourth-order valence-corrected chi connectivity index (χ4v) is 2.26. The first-order valence-electron chi connectivity index (χ1n) is 6.56. The number of aromatic nitrogens is 1. The van der Waals surface area contributed by atoms with Crippen molar-refractivity contribution in [1.82, 2.24) is 4.98 Å². The van der Waals surface area contributed by atoms with Crippen LogP contribution in [0.4, 0.5) is 0 Å². The maximum absolute atomic E-state index is 12.4. The fraction of sp³-hybridized carbons (Fsp3) is 0. The minimum absolute atomic E-state index is 0.181. The molecule has 1 heterocycles. The molecule has 0 saturated carbocycles. The molecule has 3 rings (SSSR count). The molecule has 0 aliphatic carbocycles. The van der Waals surface area contributed by atoms with Crippen molar-refractivity contribution in [2.75, 3.05) is 0 Å². The number of pyridine rings is 1. The van der Waals surface area contributed by atoms with Gasteiger partial charge in [-0.1, -0.05) is 30.3 Å². The van der Waals surface area contributed by atoms with Crippen molar-refractivity contribution >= 4 is 22.7 Å². The number of fused-ring (bicyclic) bond motifs is 1. The van der Waals surface area contributed by atoms with Gasteiger partial charge in [0.05, 0.1) is 0 Å². The van der Waals surface area contributed by atoms with Crippen molar-refractivity contribution in [3.05, 3.63) is 81.6 Å². The van der Waals surface area contributed by atoms with Crippen LogP contribution >= 0.6 is 0 Å². The van der Waals surface area contributed by atoms with Gasteiger partial charge in [0.1, 0.15) is 5.69 Å². The predicted octanol–water partition coefficient (Wildman–Crippen LogP) is 2.46. The van der Waals surface area contributed by atoms with Crippen LogP contribution in [0.15, 0.2) is 59.4 Å². The highest BCUT2D eigenvalue weighted by molar-refractivity contribution is 6.10. The summed E-state index contributed by atoms with van der Waals surface area (Å²) in [5.41, 5.74) is 0.677. The van der Waals surface area contributed by atoms with E-state index in [1.165, 1.54) is 6.07 Å². The number of aromatic amines is 1. The highest BCUT2D eigenvalue weighted by atomic mass is 16.4. The van der Waals surface area contributed by atoms with Crippen LogP contribution in [0, 0.1) is 0 Å². The Balaban J connectivity index is 2.13. The Morgan fingerprint density at radius 1 is 0.909 bits per heavy atom. The number of rotatable bonds is 3. The van der Waals surface area contributed by atoms with Crippen molar-refractivity contribution in [3.8, 4) is 0 Å². The van der Waals surface area contributed by atoms with Crippen molar-refractivity contribution < 1.29 is 14.7 Å². The van der Waals surface area contributed by atoms with Crippen LogP contribution in [-0.2, 0) is 0 Å². The lowest BCUT2D eigenvalue weighted by Gasteiger charge is -2.04. The molecule has 0 aliphatic rings. The Hall–Kier alpha value is -3.21. The van der Waals surface area contributed by atoms with Gasteiger partial charge in [0.25, 0.3) is 0 Å². The number of nitrogens with one attached hydrogen (secondary N) is 1. The second-order valence-electron chi connectivity index (χ2n) is 4.81. The van der Waals surface area contributed by atoms with E-state index in [0.29, 0.717) is 16.6 Å². The monoisotopic (exact) mass is 293 g/mol. The van der Waals surface area contributed by atoms with Crippen LogP contribution in [0.2, 0.25) is 0 Å². The largest absolute Gasteiger partial charge is 0.477 e. The van der Waals surface area contributed by atoms with Gasteiger partial charge < -0.3 is 10.1 Å². The third kappa shape index (κ3) is 2.40. The van der Waals surface area contributed by atoms with Gasteiger partial charge in [0.2, 0.25) is 0 Å². The van der Waals surface area contributed by atoms with Crippen LogP contribution in [0.1, 0.15) is 26.4 Å². The van der Waals surface area contributed by atoms with E-state index in [2.05, 4.69) is 4.98 Å². The van der Waals surface area contributed by atoms with Gasteiger partial charge in [0, 0.05) is 28.1 Å². The van der Waals surface area contributed by atoms with E-state index in [-0.39, 0.29) is 16.9 Å². The van der Waals surface area contributed by atoms with Crippen molar-refractivity contribution in [1.29, 1.82) is 0 Å². The van der Waals surface area contributed by atoms with Crippen molar-refractivity contribution in [3.63, 3.8) is 0 Å². The summed E-state index contributed by atoms with van der Waals surface area (Å²) in [4.78, 5) is 38.0. The van der Waals surface area contributed by atoms with Crippen LogP contribution in [0.5, 0.6) is 0 Å². The molecule has 22 heavy (non-hydrogen) atoms. The molecule has 0 amide bonds. The molecule has 0 aliphatic heterocycles. The zero-order chi connectivity index (χ0) is 15.7. The Bertz CT molecular complexity index is 942. The number of carbonyl (C=O) groups is 2. The maximum Gasteiger partial charge on any atom is 0.352 e. The zero-order valence-electron chi connectivity index (χ0n) is 11.4. The normalized spacial score (nSPS) is 10.5. The number of ketones is 1. The number of carbonyl (C=O) groups excluding carboxylic acids is 1. The first-order valence-corrected chi connectivity index (χ1v) is 6.56. The van der Waals surface area contributed by atoms with Crippen molar-refractivity contribution in [2.45, 2.75) is 0 Å². The summed E-state index contributed by atoms with van der Waals surface area (Å²) >= 11 is 0. The molecular formula is C17H11NO4. The molecular weight excluding hydrogens is 282 g/mol. The Kier molecular flexibility index (Phi) is 3.31. The minimum Gasteiger partial charge on any atom is -0.477 e. The maximum atomic E-state index is 12.4. The van der Waals surface area contributed by atoms with Crippen LogP contribution in [0.3, 0.4) is 0 Å². The Labute approximate surface area is 124 Å². The summed E-state index contributed by atoms with van der Waals surface area (Å²) in [7, 11) is 0. The zero-order valence-corrected chi connectivity index (χ0v) is 11.4. The topological polar surface area (TPSA) is 87.2 Å². The predicted molar refractivity (Wildman–Crippen MR) is 81.4 cm³/mol. The molecule has 3 aromatic rings. The van der Waals surface area contributed by atoms with Gasteiger partial charge in [-0.3, -0.25) is 9.59 Å². The number of H-pyrrole nitrogens is 1. The number of aromatic carboxylic acids is 1. The average Bonchev–Trinajstić information content (AvgIpc) is 2.54. The van der Waals surface area contributed by atoms with E-state index < -0.39 is 11.4 Å². The first kappa shape index (κ1) is 13.8. The fourth-order valence-electron chi connectivity index (χ4n) is 2.26. The minimum atomic E-state index is -1.21. The van der Waals surface area contributed by atoms with Gasteiger partial charge in [-0.15, -0.1) is 0 Å². The molecule has 0 bridgehead atoms. The van der Waals surface area contributed by atoms with Gasteiger partial charge in [-0.25, -0.2) is 4.79 Å². The Morgan fingerprint density at radius 3 is 2.32 bits per heavy atom. The highest BCUT2D eigenvalue weighted by Gasteiger charge is 2.12. The molecule has 1 aromatic heterocycles. The van der Waals surface area contributed by atoms with Crippen LogP contribution < -0.4 is 5.43 Å². The lowest BCUT2D eigenvalue weighted by Crippen LogP contribution is -2.10. The van der Waals surface area contributed by atoms with E-state index in [1.807, 2.05) is 6.07 Å². The van der Waals surface area contributed by atoms with Crippen molar-refractivity contribution in [2.24, 2.45) is 0 Å². The SMILES string of the molecule is O=C(c1ccccc1)c1ccc2[nH]c(C(=O)O)cc(=O)c2c1. The van der Waals surface area contributed by atoms with Crippen LogP contribution in [0.25, 0.3) is 10.9 Å². The van der Waals surface area contributed by atoms with E-state index in [4.69, 9.17) is 5.11 Å². The standard InChI is InChI=1S/C17H11NO4/c19-15-9-14(17(21)22)18-13-7-6-11(8-12(13)15)16(20)10-4-2-1-3-5-10/h1-9H,(H,18,19)(H,21,22). The van der Waals surface area contributed by atoms with Crippen LogP contribution in [-0.4, -0.2) is 21.8 Å². The molecule has 5 nitrogen and oxygen atoms in total. The molecule has 0 saturated heterocycles. The first-order chi connectivity index (χ1) is 10.6. The molecule has 5 heteroatoms. The third-order valence-corrected chi connectivity index (χ3v) is 3.36. The quantitative estimate of drug-likeness (QED) is 0.726. The lowest BCUT2D eigenvalue weighted by molar-refractivity contribution is 0.0690. The molecule has 0 spiro atoms. The molecule has 0 radical (unpaired) electrons. The van der Waals surface area contributed by atoms with E-state index in [9.17, 15) is 14.4 Å². The molecule has 0 fully saturated rings. The molecule has 0 unspecified atom stereocenters. The lowest BCUT2D eigenvalue weighted by atomic mass is 10.0.